The fourth-order valence-corrected chi connectivity index (χ4v) is 3.63. The molecule has 0 radical (unpaired) electrons. The highest BCUT2D eigenvalue weighted by atomic mass is 79.9. The lowest BCUT2D eigenvalue weighted by Gasteiger charge is -2.28. The summed E-state index contributed by atoms with van der Waals surface area (Å²) in [5.74, 6) is 0.345. The maximum Gasteiger partial charge on any atom is 0.120 e. The molecule has 1 unspecified atom stereocenters. The van der Waals surface area contributed by atoms with E-state index >= 15 is 0 Å². The molecule has 2 N–H and O–H groups in total. The van der Waals surface area contributed by atoms with Crippen molar-refractivity contribution in [1.29, 1.82) is 0 Å². The molecule has 1 fully saturated rings. The summed E-state index contributed by atoms with van der Waals surface area (Å²) in [6, 6.07) is 16.7. The van der Waals surface area contributed by atoms with Crippen LogP contribution in [0.25, 0.3) is 0 Å². The summed E-state index contributed by atoms with van der Waals surface area (Å²) in [5.41, 5.74) is 2.29. The van der Waals surface area contributed by atoms with Crippen LogP contribution >= 0.6 is 15.9 Å². The molecule has 1 aliphatic heterocycles. The second kappa shape index (κ2) is 7.95. The third kappa shape index (κ3) is 4.34. The van der Waals surface area contributed by atoms with Gasteiger partial charge in [0.15, 0.2) is 0 Å². The number of nitrogens with one attached hydrogen (secondary N) is 1. The molecule has 0 bridgehead atoms. The molecule has 1 atom stereocenters. The standard InChI is InChI=1S/C19H23BrN2O/c20-17-8-9-19(23)16(12-17)13-21-14-18(22-10-4-5-11-22)15-6-2-1-3-7-15/h1-3,6-9,12,18,21,23H,4-5,10-11,13-14H2. The van der Waals surface area contributed by atoms with Gasteiger partial charge in [-0.3, -0.25) is 4.90 Å². The second-order valence-corrected chi connectivity index (χ2v) is 6.99. The van der Waals surface area contributed by atoms with Gasteiger partial charge in [-0.05, 0) is 49.7 Å². The van der Waals surface area contributed by atoms with Crippen LogP contribution in [0.3, 0.4) is 0 Å². The topological polar surface area (TPSA) is 35.5 Å². The number of hydrogen-bond acceptors (Lipinski definition) is 3. The fraction of sp³-hybridized carbons (Fsp3) is 0.368. The first-order chi connectivity index (χ1) is 11.2. The van der Waals surface area contributed by atoms with E-state index in [1.807, 2.05) is 12.1 Å². The van der Waals surface area contributed by atoms with Gasteiger partial charge in [0, 0.05) is 29.2 Å². The molecule has 2 aromatic rings. The molecule has 122 valence electrons. The minimum atomic E-state index is 0.345. The molecular formula is C19H23BrN2O. The molecule has 1 heterocycles. The largest absolute Gasteiger partial charge is 0.508 e. The van der Waals surface area contributed by atoms with E-state index in [2.05, 4.69) is 56.5 Å². The predicted molar refractivity (Wildman–Crippen MR) is 97.5 cm³/mol. The van der Waals surface area contributed by atoms with Crippen LogP contribution < -0.4 is 5.32 Å². The van der Waals surface area contributed by atoms with Crippen molar-refractivity contribution in [3.8, 4) is 5.75 Å². The Kier molecular flexibility index (Phi) is 5.70. The number of hydrogen-bond donors (Lipinski definition) is 2. The molecule has 0 saturated carbocycles. The Morgan fingerprint density at radius 2 is 1.83 bits per heavy atom. The van der Waals surface area contributed by atoms with E-state index in [1.165, 1.54) is 31.5 Å². The minimum absolute atomic E-state index is 0.345. The van der Waals surface area contributed by atoms with Gasteiger partial charge in [0.25, 0.3) is 0 Å². The van der Waals surface area contributed by atoms with Gasteiger partial charge in [0.2, 0.25) is 0 Å². The molecule has 4 heteroatoms. The van der Waals surface area contributed by atoms with Crippen LogP contribution in [0.15, 0.2) is 53.0 Å². The lowest BCUT2D eigenvalue weighted by molar-refractivity contribution is 0.238. The van der Waals surface area contributed by atoms with E-state index in [1.54, 1.807) is 6.07 Å². The summed E-state index contributed by atoms with van der Waals surface area (Å²) in [6.45, 7) is 3.89. The smallest absolute Gasteiger partial charge is 0.120 e. The van der Waals surface area contributed by atoms with Crippen LogP contribution in [0.1, 0.15) is 30.0 Å². The van der Waals surface area contributed by atoms with E-state index in [9.17, 15) is 5.11 Å². The van der Waals surface area contributed by atoms with E-state index < -0.39 is 0 Å². The Morgan fingerprint density at radius 3 is 2.57 bits per heavy atom. The maximum absolute atomic E-state index is 9.96. The van der Waals surface area contributed by atoms with Crippen LogP contribution in [0.4, 0.5) is 0 Å². The van der Waals surface area contributed by atoms with Gasteiger partial charge < -0.3 is 10.4 Å². The number of benzene rings is 2. The normalized spacial score (nSPS) is 16.6. The molecule has 3 nitrogen and oxygen atoms in total. The van der Waals surface area contributed by atoms with Crippen LogP contribution in [0, 0.1) is 0 Å². The average Bonchev–Trinajstić information content (AvgIpc) is 3.09. The summed E-state index contributed by atoms with van der Waals surface area (Å²) in [4.78, 5) is 2.56. The van der Waals surface area contributed by atoms with Crippen molar-refractivity contribution < 1.29 is 5.11 Å². The van der Waals surface area contributed by atoms with Crippen LogP contribution in [0.5, 0.6) is 5.75 Å². The van der Waals surface area contributed by atoms with E-state index in [0.29, 0.717) is 18.3 Å². The number of phenols is 1. The number of likely N-dealkylation sites (tertiary alicyclic amines) is 1. The zero-order valence-electron chi connectivity index (χ0n) is 13.2. The van der Waals surface area contributed by atoms with Gasteiger partial charge in [-0.15, -0.1) is 0 Å². The van der Waals surface area contributed by atoms with Crippen molar-refractivity contribution >= 4 is 15.9 Å². The number of phenolic OH excluding ortho intramolecular Hbond substituents is 1. The summed E-state index contributed by atoms with van der Waals surface area (Å²) < 4.78 is 0.992. The lowest BCUT2D eigenvalue weighted by atomic mass is 10.1. The minimum Gasteiger partial charge on any atom is -0.508 e. The molecular weight excluding hydrogens is 352 g/mol. The molecule has 2 aromatic carbocycles. The molecule has 0 aliphatic carbocycles. The Bertz CT molecular complexity index is 627. The Balaban J connectivity index is 1.66. The zero-order chi connectivity index (χ0) is 16.1. The summed E-state index contributed by atoms with van der Waals surface area (Å²) in [5, 5.41) is 13.5. The number of rotatable bonds is 6. The van der Waals surface area contributed by atoms with Gasteiger partial charge in [0.05, 0.1) is 0 Å². The van der Waals surface area contributed by atoms with Crippen molar-refractivity contribution in [2.24, 2.45) is 0 Å². The lowest BCUT2D eigenvalue weighted by Crippen LogP contribution is -2.34. The molecule has 1 saturated heterocycles. The van der Waals surface area contributed by atoms with Crippen molar-refractivity contribution in [2.45, 2.75) is 25.4 Å². The highest BCUT2D eigenvalue weighted by Crippen LogP contribution is 2.25. The Hall–Kier alpha value is -1.36. The van der Waals surface area contributed by atoms with E-state index in [4.69, 9.17) is 0 Å². The van der Waals surface area contributed by atoms with Gasteiger partial charge >= 0.3 is 0 Å². The molecule has 0 spiro atoms. The quantitative estimate of drug-likeness (QED) is 0.799. The molecule has 23 heavy (non-hydrogen) atoms. The van der Waals surface area contributed by atoms with E-state index in [0.717, 1.165) is 16.6 Å². The van der Waals surface area contributed by atoms with E-state index in [-0.39, 0.29) is 0 Å². The van der Waals surface area contributed by atoms with Crippen molar-refractivity contribution in [1.82, 2.24) is 10.2 Å². The number of aromatic hydroxyl groups is 1. The highest BCUT2D eigenvalue weighted by molar-refractivity contribution is 9.10. The van der Waals surface area contributed by atoms with Gasteiger partial charge in [-0.1, -0.05) is 46.3 Å². The van der Waals surface area contributed by atoms with Crippen LogP contribution in [-0.4, -0.2) is 29.6 Å². The van der Waals surface area contributed by atoms with Gasteiger partial charge in [0.1, 0.15) is 5.75 Å². The third-order valence-electron chi connectivity index (χ3n) is 4.46. The molecule has 0 aromatic heterocycles. The van der Waals surface area contributed by atoms with Gasteiger partial charge in [-0.25, -0.2) is 0 Å². The highest BCUT2D eigenvalue weighted by Gasteiger charge is 2.22. The summed E-state index contributed by atoms with van der Waals surface area (Å²) in [6.07, 6.45) is 2.57. The van der Waals surface area contributed by atoms with Crippen molar-refractivity contribution in [2.75, 3.05) is 19.6 Å². The number of halogens is 1. The zero-order valence-corrected chi connectivity index (χ0v) is 14.8. The first-order valence-corrected chi connectivity index (χ1v) is 9.00. The fourth-order valence-electron chi connectivity index (χ4n) is 3.23. The maximum atomic E-state index is 9.96. The Labute approximate surface area is 146 Å². The van der Waals surface area contributed by atoms with Crippen molar-refractivity contribution in [3.05, 3.63) is 64.1 Å². The summed E-state index contributed by atoms with van der Waals surface area (Å²) in [7, 11) is 0. The average molecular weight is 375 g/mol. The third-order valence-corrected chi connectivity index (χ3v) is 4.95. The van der Waals surface area contributed by atoms with Crippen molar-refractivity contribution in [3.63, 3.8) is 0 Å². The molecule has 3 rings (SSSR count). The number of nitrogens with zero attached hydrogens (tertiary/aromatic N) is 1. The molecule has 0 amide bonds. The predicted octanol–water partition coefficient (Wildman–Crippen LogP) is 4.08. The SMILES string of the molecule is Oc1ccc(Br)cc1CNCC(c1ccccc1)N1CCCC1. The summed E-state index contributed by atoms with van der Waals surface area (Å²) >= 11 is 3.46. The Morgan fingerprint density at radius 1 is 1.09 bits per heavy atom. The first kappa shape index (κ1) is 16.5. The van der Waals surface area contributed by atoms with Gasteiger partial charge in [-0.2, -0.15) is 0 Å². The first-order valence-electron chi connectivity index (χ1n) is 8.21. The second-order valence-electron chi connectivity index (χ2n) is 6.07. The van der Waals surface area contributed by atoms with Crippen LogP contribution in [0.2, 0.25) is 0 Å². The molecule has 1 aliphatic rings. The van der Waals surface area contributed by atoms with Crippen LogP contribution in [-0.2, 0) is 6.54 Å². The monoisotopic (exact) mass is 374 g/mol.